The van der Waals surface area contributed by atoms with Crippen LogP contribution in [0.15, 0.2) is 0 Å². The summed E-state index contributed by atoms with van der Waals surface area (Å²) in [6, 6.07) is 0.643. The highest BCUT2D eigenvalue weighted by Gasteiger charge is 2.28. The van der Waals surface area contributed by atoms with Gasteiger partial charge >= 0.3 is 0 Å². The zero-order valence-corrected chi connectivity index (χ0v) is 10.8. The summed E-state index contributed by atoms with van der Waals surface area (Å²) in [5, 5.41) is 0. The van der Waals surface area contributed by atoms with Crippen LogP contribution in [-0.2, 0) is 0 Å². The molecule has 0 aromatic heterocycles. The number of nitrogens with two attached hydrogens (primary N) is 1. The van der Waals surface area contributed by atoms with E-state index in [-0.39, 0.29) is 5.54 Å². The van der Waals surface area contributed by atoms with Crippen molar-refractivity contribution >= 4 is 0 Å². The Morgan fingerprint density at radius 1 is 1.27 bits per heavy atom. The molecule has 0 radical (unpaired) electrons. The van der Waals surface area contributed by atoms with Gasteiger partial charge in [-0.15, -0.1) is 0 Å². The molecule has 1 unspecified atom stereocenters. The molecule has 15 heavy (non-hydrogen) atoms. The molecule has 1 fully saturated rings. The van der Waals surface area contributed by atoms with Gasteiger partial charge in [-0.05, 0) is 26.8 Å². The van der Waals surface area contributed by atoms with Crippen LogP contribution in [0.4, 0.5) is 0 Å². The molecule has 1 aliphatic rings. The largest absolute Gasteiger partial charge is 0.324 e. The quantitative estimate of drug-likeness (QED) is 0.760. The van der Waals surface area contributed by atoms with Crippen LogP contribution in [0.2, 0.25) is 0 Å². The van der Waals surface area contributed by atoms with E-state index < -0.39 is 0 Å². The Morgan fingerprint density at radius 3 is 2.33 bits per heavy atom. The van der Waals surface area contributed by atoms with Crippen LogP contribution in [0.25, 0.3) is 0 Å². The third-order valence-electron chi connectivity index (χ3n) is 3.89. The van der Waals surface area contributed by atoms with Crippen LogP contribution in [-0.4, -0.2) is 54.6 Å². The Kier molecular flexibility index (Phi) is 4.56. The van der Waals surface area contributed by atoms with Gasteiger partial charge in [-0.2, -0.15) is 0 Å². The van der Waals surface area contributed by atoms with E-state index in [0.717, 1.165) is 25.9 Å². The van der Waals surface area contributed by atoms with Gasteiger partial charge in [0, 0.05) is 37.8 Å². The van der Waals surface area contributed by atoms with Crippen LogP contribution < -0.4 is 5.73 Å². The average molecular weight is 213 g/mol. The van der Waals surface area contributed by atoms with Crippen LogP contribution in [0.3, 0.4) is 0 Å². The summed E-state index contributed by atoms with van der Waals surface area (Å²) in [4.78, 5) is 4.95. The second-order valence-corrected chi connectivity index (χ2v) is 5.15. The molecule has 0 aromatic carbocycles. The fourth-order valence-electron chi connectivity index (χ4n) is 2.29. The first-order valence-electron chi connectivity index (χ1n) is 6.22. The molecule has 2 N–H and O–H groups in total. The number of piperazine rings is 1. The van der Waals surface area contributed by atoms with Crippen LogP contribution in [0.1, 0.15) is 33.6 Å². The van der Waals surface area contributed by atoms with Gasteiger partial charge in [-0.1, -0.05) is 13.8 Å². The van der Waals surface area contributed by atoms with Crippen molar-refractivity contribution in [2.24, 2.45) is 5.73 Å². The number of rotatable bonds is 4. The first-order chi connectivity index (χ1) is 7.00. The Hall–Kier alpha value is -0.120. The second kappa shape index (κ2) is 5.28. The first-order valence-corrected chi connectivity index (χ1v) is 6.22. The molecule has 0 bridgehead atoms. The van der Waals surface area contributed by atoms with E-state index in [4.69, 9.17) is 5.73 Å². The summed E-state index contributed by atoms with van der Waals surface area (Å²) in [6.07, 6.45) is 2.14. The highest BCUT2D eigenvalue weighted by Crippen LogP contribution is 2.17. The van der Waals surface area contributed by atoms with E-state index in [9.17, 15) is 0 Å². The maximum Gasteiger partial charge on any atom is 0.0278 e. The molecule has 0 amide bonds. The summed E-state index contributed by atoms with van der Waals surface area (Å²) in [5.74, 6) is 0. The third-order valence-corrected chi connectivity index (χ3v) is 3.89. The molecule has 0 spiro atoms. The third kappa shape index (κ3) is 3.44. The zero-order valence-electron chi connectivity index (χ0n) is 10.8. The minimum absolute atomic E-state index is 0.0180. The minimum atomic E-state index is 0.0180. The van der Waals surface area contributed by atoms with Crippen molar-refractivity contribution in [1.82, 2.24) is 9.80 Å². The molecule has 1 saturated heterocycles. The Bertz CT molecular complexity index is 189. The fraction of sp³-hybridized carbons (Fsp3) is 1.00. The van der Waals surface area contributed by atoms with Gasteiger partial charge in [0.25, 0.3) is 0 Å². The standard InChI is InChI=1S/C12H27N3/c1-5-12(13,6-2)10-15-8-7-14(4)9-11(15)3/h11H,5-10,13H2,1-4H3. The van der Waals surface area contributed by atoms with Crippen molar-refractivity contribution in [3.05, 3.63) is 0 Å². The fourth-order valence-corrected chi connectivity index (χ4v) is 2.29. The molecule has 1 aliphatic heterocycles. The SMILES string of the molecule is CCC(N)(CC)CN1CCN(C)CC1C. The van der Waals surface area contributed by atoms with Gasteiger partial charge in [0.2, 0.25) is 0 Å². The lowest BCUT2D eigenvalue weighted by atomic mass is 9.92. The summed E-state index contributed by atoms with van der Waals surface area (Å²) in [7, 11) is 2.20. The van der Waals surface area contributed by atoms with Crippen molar-refractivity contribution in [3.8, 4) is 0 Å². The summed E-state index contributed by atoms with van der Waals surface area (Å²) in [5.41, 5.74) is 6.39. The molecule has 1 rings (SSSR count). The van der Waals surface area contributed by atoms with Crippen molar-refractivity contribution in [2.45, 2.75) is 45.2 Å². The van der Waals surface area contributed by atoms with Crippen molar-refractivity contribution in [2.75, 3.05) is 33.2 Å². The van der Waals surface area contributed by atoms with Crippen LogP contribution in [0, 0.1) is 0 Å². The van der Waals surface area contributed by atoms with Gasteiger partial charge in [0.1, 0.15) is 0 Å². The highest BCUT2D eigenvalue weighted by molar-refractivity contribution is 4.88. The molecule has 1 atom stereocenters. The topological polar surface area (TPSA) is 32.5 Å². The predicted molar refractivity (Wildman–Crippen MR) is 66.0 cm³/mol. The summed E-state index contributed by atoms with van der Waals surface area (Å²) in [6.45, 7) is 11.3. The first kappa shape index (κ1) is 12.9. The normalized spacial score (nSPS) is 25.8. The van der Waals surface area contributed by atoms with Gasteiger partial charge < -0.3 is 10.6 Å². The second-order valence-electron chi connectivity index (χ2n) is 5.15. The number of hydrogen-bond acceptors (Lipinski definition) is 3. The zero-order chi connectivity index (χ0) is 11.5. The molecule has 1 heterocycles. The minimum Gasteiger partial charge on any atom is -0.324 e. The lowest BCUT2D eigenvalue weighted by molar-refractivity contribution is 0.0756. The maximum atomic E-state index is 6.37. The van der Waals surface area contributed by atoms with E-state index in [0.29, 0.717) is 6.04 Å². The average Bonchev–Trinajstić information content (AvgIpc) is 2.22. The van der Waals surface area contributed by atoms with Gasteiger partial charge in [0.15, 0.2) is 0 Å². The van der Waals surface area contributed by atoms with E-state index >= 15 is 0 Å². The van der Waals surface area contributed by atoms with Gasteiger partial charge in [-0.25, -0.2) is 0 Å². The van der Waals surface area contributed by atoms with E-state index in [1.165, 1.54) is 13.1 Å². The van der Waals surface area contributed by atoms with Crippen LogP contribution in [0.5, 0.6) is 0 Å². The smallest absolute Gasteiger partial charge is 0.0278 e. The molecule has 0 aliphatic carbocycles. The molecular formula is C12H27N3. The Balaban J connectivity index is 2.50. The number of likely N-dealkylation sites (N-methyl/N-ethyl adjacent to an activating group) is 1. The molecule has 0 aromatic rings. The maximum absolute atomic E-state index is 6.37. The van der Waals surface area contributed by atoms with E-state index in [2.05, 4.69) is 37.6 Å². The number of hydrogen-bond donors (Lipinski definition) is 1. The molecule has 90 valence electrons. The van der Waals surface area contributed by atoms with Gasteiger partial charge in [0.05, 0.1) is 0 Å². The van der Waals surface area contributed by atoms with Crippen LogP contribution >= 0.6 is 0 Å². The summed E-state index contributed by atoms with van der Waals surface area (Å²) >= 11 is 0. The lowest BCUT2D eigenvalue weighted by Crippen LogP contribution is -2.57. The van der Waals surface area contributed by atoms with Crippen molar-refractivity contribution in [1.29, 1.82) is 0 Å². The van der Waals surface area contributed by atoms with E-state index in [1.807, 2.05) is 0 Å². The molecular weight excluding hydrogens is 186 g/mol. The van der Waals surface area contributed by atoms with E-state index in [1.54, 1.807) is 0 Å². The Morgan fingerprint density at radius 2 is 1.87 bits per heavy atom. The van der Waals surface area contributed by atoms with Crippen molar-refractivity contribution in [3.63, 3.8) is 0 Å². The lowest BCUT2D eigenvalue weighted by Gasteiger charge is -2.42. The Labute approximate surface area is 94.6 Å². The molecule has 3 heteroatoms. The molecule has 0 saturated carbocycles. The van der Waals surface area contributed by atoms with Crippen molar-refractivity contribution < 1.29 is 0 Å². The highest BCUT2D eigenvalue weighted by atomic mass is 15.3. The monoisotopic (exact) mass is 213 g/mol. The number of nitrogens with zero attached hydrogens (tertiary/aromatic N) is 2. The summed E-state index contributed by atoms with van der Waals surface area (Å²) < 4.78 is 0. The van der Waals surface area contributed by atoms with Gasteiger partial charge in [-0.3, -0.25) is 4.90 Å². The molecule has 3 nitrogen and oxygen atoms in total. The predicted octanol–water partition coefficient (Wildman–Crippen LogP) is 1.14.